The summed E-state index contributed by atoms with van der Waals surface area (Å²) in [6.07, 6.45) is 0.935. The maximum Gasteiger partial charge on any atom is 0.0484 e. The third-order valence-corrected chi connectivity index (χ3v) is 4.27. The topological polar surface area (TPSA) is 26.0 Å². The van der Waals surface area contributed by atoms with Crippen molar-refractivity contribution in [2.75, 3.05) is 0 Å². The van der Waals surface area contributed by atoms with Gasteiger partial charge in [-0.1, -0.05) is 67.1 Å². The van der Waals surface area contributed by atoms with E-state index in [1.54, 1.807) is 0 Å². The maximum atomic E-state index is 6.30. The van der Waals surface area contributed by atoms with Crippen LogP contribution < -0.4 is 5.73 Å². The highest BCUT2D eigenvalue weighted by Gasteiger charge is 2.09. The summed E-state index contributed by atoms with van der Waals surface area (Å²) in [5, 5.41) is 3.05. The molecule has 21 heavy (non-hydrogen) atoms. The first-order valence-corrected chi connectivity index (χ1v) is 7.61. The van der Waals surface area contributed by atoms with Gasteiger partial charge in [-0.25, -0.2) is 0 Å². The maximum absolute atomic E-state index is 6.30. The third kappa shape index (κ3) is 2.67. The molecule has 0 fully saturated rings. The average molecular weight is 296 g/mol. The monoisotopic (exact) mass is 295 g/mol. The summed E-state index contributed by atoms with van der Waals surface area (Å²) in [7, 11) is 0. The van der Waals surface area contributed by atoms with E-state index in [0.717, 1.165) is 16.8 Å². The molecule has 2 N–H and O–H groups in total. The Labute approximate surface area is 130 Å². The first-order chi connectivity index (χ1) is 10.2. The summed E-state index contributed by atoms with van der Waals surface area (Å²) in [4.78, 5) is 0. The van der Waals surface area contributed by atoms with Crippen LogP contribution in [0.5, 0.6) is 0 Å². The van der Waals surface area contributed by atoms with Gasteiger partial charge in [0, 0.05) is 16.5 Å². The fraction of sp³-hybridized carbons (Fsp3) is 0.158. The van der Waals surface area contributed by atoms with Gasteiger partial charge in [0.1, 0.15) is 0 Å². The van der Waals surface area contributed by atoms with Crippen LogP contribution in [0.2, 0.25) is 5.02 Å². The average Bonchev–Trinajstić information content (AvgIpc) is 2.55. The fourth-order valence-corrected chi connectivity index (χ4v) is 2.91. The number of nitrogens with two attached hydrogens (primary N) is 1. The lowest BCUT2D eigenvalue weighted by molar-refractivity contribution is 0.699. The predicted molar refractivity (Wildman–Crippen MR) is 91.6 cm³/mol. The van der Waals surface area contributed by atoms with Crippen LogP contribution in [0.25, 0.3) is 21.9 Å². The van der Waals surface area contributed by atoms with Crippen LogP contribution in [0.1, 0.15) is 24.9 Å². The zero-order valence-corrected chi connectivity index (χ0v) is 12.8. The van der Waals surface area contributed by atoms with Crippen LogP contribution in [0.15, 0.2) is 60.7 Å². The predicted octanol–water partition coefficient (Wildman–Crippen LogP) is 5.57. The van der Waals surface area contributed by atoms with Gasteiger partial charge in [0.25, 0.3) is 0 Å². The molecule has 2 heteroatoms. The lowest BCUT2D eigenvalue weighted by Gasteiger charge is -2.13. The highest BCUT2D eigenvalue weighted by atomic mass is 35.5. The number of benzene rings is 3. The molecule has 3 rings (SSSR count). The van der Waals surface area contributed by atoms with Gasteiger partial charge in [-0.3, -0.25) is 0 Å². The molecule has 0 aliphatic rings. The van der Waals surface area contributed by atoms with Crippen LogP contribution in [0.4, 0.5) is 0 Å². The van der Waals surface area contributed by atoms with Crippen molar-refractivity contribution in [2.45, 2.75) is 19.4 Å². The summed E-state index contributed by atoms with van der Waals surface area (Å²) in [5.74, 6) is 0. The van der Waals surface area contributed by atoms with Crippen LogP contribution >= 0.6 is 11.6 Å². The number of hydrogen-bond acceptors (Lipinski definition) is 1. The first kappa shape index (κ1) is 14.1. The summed E-state index contributed by atoms with van der Waals surface area (Å²) in [6, 6.07) is 20.8. The normalized spacial score (nSPS) is 12.5. The van der Waals surface area contributed by atoms with Crippen LogP contribution in [-0.4, -0.2) is 0 Å². The van der Waals surface area contributed by atoms with Crippen molar-refractivity contribution in [2.24, 2.45) is 5.73 Å². The molecule has 0 bridgehead atoms. The summed E-state index contributed by atoms with van der Waals surface area (Å²) >= 11 is 6.30. The minimum Gasteiger partial charge on any atom is -0.324 e. The Bertz CT molecular complexity index is 779. The molecule has 1 atom stereocenters. The van der Waals surface area contributed by atoms with E-state index < -0.39 is 0 Å². The molecule has 3 aromatic rings. The van der Waals surface area contributed by atoms with E-state index in [-0.39, 0.29) is 6.04 Å². The van der Waals surface area contributed by atoms with Gasteiger partial charge >= 0.3 is 0 Å². The molecule has 0 amide bonds. The Kier molecular flexibility index (Phi) is 3.96. The molecular formula is C19H18ClN. The highest BCUT2D eigenvalue weighted by molar-refractivity contribution is 6.36. The Morgan fingerprint density at radius 3 is 2.48 bits per heavy atom. The summed E-state index contributed by atoms with van der Waals surface area (Å²) in [6.45, 7) is 2.11. The fourth-order valence-electron chi connectivity index (χ4n) is 2.69. The molecule has 0 radical (unpaired) electrons. The minimum absolute atomic E-state index is 0.0866. The van der Waals surface area contributed by atoms with Gasteiger partial charge < -0.3 is 5.73 Å². The molecule has 0 heterocycles. The van der Waals surface area contributed by atoms with E-state index in [1.807, 2.05) is 18.2 Å². The van der Waals surface area contributed by atoms with Crippen molar-refractivity contribution in [1.82, 2.24) is 0 Å². The van der Waals surface area contributed by atoms with Crippen molar-refractivity contribution in [3.8, 4) is 11.1 Å². The number of halogens is 1. The van der Waals surface area contributed by atoms with Gasteiger partial charge in [0.2, 0.25) is 0 Å². The van der Waals surface area contributed by atoms with Gasteiger partial charge in [-0.05, 0) is 40.6 Å². The van der Waals surface area contributed by atoms with Gasteiger partial charge in [-0.2, -0.15) is 0 Å². The Balaban J connectivity index is 2.19. The SMILES string of the molecule is CCC(N)c1cccc(-c2ccc(Cl)c3ccccc23)c1. The summed E-state index contributed by atoms with van der Waals surface area (Å²) < 4.78 is 0. The second-order valence-electron chi connectivity index (χ2n) is 5.28. The molecule has 0 saturated heterocycles. The van der Waals surface area contributed by atoms with Gasteiger partial charge in [0.05, 0.1) is 0 Å². The lowest BCUT2D eigenvalue weighted by atomic mass is 9.95. The van der Waals surface area contributed by atoms with Crippen molar-refractivity contribution < 1.29 is 0 Å². The molecule has 1 unspecified atom stereocenters. The zero-order valence-electron chi connectivity index (χ0n) is 12.0. The Hall–Kier alpha value is -1.83. The van der Waals surface area contributed by atoms with Gasteiger partial charge in [0.15, 0.2) is 0 Å². The number of fused-ring (bicyclic) bond motifs is 1. The molecule has 0 aliphatic carbocycles. The standard InChI is InChI=1S/C19H18ClN/c1-2-19(21)14-7-5-6-13(12-14)15-10-11-18(20)17-9-4-3-8-16(15)17/h3-12,19H,2,21H2,1H3. The number of rotatable bonds is 3. The lowest BCUT2D eigenvalue weighted by Crippen LogP contribution is -2.08. The molecular weight excluding hydrogens is 278 g/mol. The summed E-state index contributed by atoms with van der Waals surface area (Å²) in [5.41, 5.74) is 9.71. The van der Waals surface area contributed by atoms with E-state index in [0.29, 0.717) is 0 Å². The van der Waals surface area contributed by atoms with E-state index in [2.05, 4.69) is 49.4 Å². The Morgan fingerprint density at radius 2 is 1.71 bits per heavy atom. The quantitative estimate of drug-likeness (QED) is 0.671. The van der Waals surface area contributed by atoms with Crippen molar-refractivity contribution in [3.63, 3.8) is 0 Å². The number of hydrogen-bond donors (Lipinski definition) is 1. The minimum atomic E-state index is 0.0866. The second kappa shape index (κ2) is 5.88. The van der Waals surface area contributed by atoms with E-state index in [4.69, 9.17) is 17.3 Å². The largest absolute Gasteiger partial charge is 0.324 e. The van der Waals surface area contributed by atoms with E-state index in [1.165, 1.54) is 22.1 Å². The molecule has 0 spiro atoms. The van der Waals surface area contributed by atoms with Crippen molar-refractivity contribution >= 4 is 22.4 Å². The Morgan fingerprint density at radius 1 is 0.952 bits per heavy atom. The molecule has 1 nitrogen and oxygen atoms in total. The van der Waals surface area contributed by atoms with Crippen LogP contribution in [0, 0.1) is 0 Å². The van der Waals surface area contributed by atoms with Gasteiger partial charge in [-0.15, -0.1) is 0 Å². The first-order valence-electron chi connectivity index (χ1n) is 7.24. The van der Waals surface area contributed by atoms with Crippen LogP contribution in [-0.2, 0) is 0 Å². The molecule has 0 saturated carbocycles. The molecule has 0 aliphatic heterocycles. The molecule has 106 valence electrons. The smallest absolute Gasteiger partial charge is 0.0484 e. The second-order valence-corrected chi connectivity index (χ2v) is 5.69. The zero-order chi connectivity index (χ0) is 14.8. The highest BCUT2D eigenvalue weighted by Crippen LogP contribution is 2.33. The van der Waals surface area contributed by atoms with Crippen LogP contribution in [0.3, 0.4) is 0 Å². The molecule has 3 aromatic carbocycles. The third-order valence-electron chi connectivity index (χ3n) is 3.94. The van der Waals surface area contributed by atoms with E-state index >= 15 is 0 Å². The molecule has 0 aromatic heterocycles. The van der Waals surface area contributed by atoms with Crippen molar-refractivity contribution in [3.05, 3.63) is 71.2 Å². The van der Waals surface area contributed by atoms with Crippen molar-refractivity contribution in [1.29, 1.82) is 0 Å². The van der Waals surface area contributed by atoms with E-state index in [9.17, 15) is 0 Å².